The molecule has 0 radical (unpaired) electrons. The number of halogens is 4. The summed E-state index contributed by atoms with van der Waals surface area (Å²) in [5.74, 6) is -0.484. The third-order valence-corrected chi connectivity index (χ3v) is 5.30. The van der Waals surface area contributed by atoms with E-state index in [1.165, 1.54) is 6.92 Å². The van der Waals surface area contributed by atoms with Crippen LogP contribution in [-0.4, -0.2) is 31.5 Å². The Hall–Kier alpha value is -2.59. The number of alkyl halides is 3. The van der Waals surface area contributed by atoms with Crippen LogP contribution in [0.3, 0.4) is 0 Å². The van der Waals surface area contributed by atoms with E-state index in [0.717, 1.165) is 28.4 Å². The molecule has 3 rings (SSSR count). The van der Waals surface area contributed by atoms with Gasteiger partial charge in [0.15, 0.2) is 16.6 Å². The molecule has 0 spiro atoms. The molecular weight excluding hydrogens is 429 g/mol. The van der Waals surface area contributed by atoms with E-state index in [4.69, 9.17) is 11.6 Å². The first-order valence-electron chi connectivity index (χ1n) is 8.26. The van der Waals surface area contributed by atoms with Gasteiger partial charge in [-0.25, -0.2) is 0 Å². The van der Waals surface area contributed by atoms with E-state index in [2.05, 4.69) is 15.5 Å². The number of hydrogen-bond donors (Lipinski definition) is 1. The molecule has 0 aliphatic heterocycles. The number of nitrogens with zero attached hydrogens (tertiary/aromatic N) is 3. The number of carbonyl (C=O) groups excluding carboxylic acids is 2. The number of rotatable bonds is 5. The van der Waals surface area contributed by atoms with Crippen molar-refractivity contribution in [1.29, 1.82) is 0 Å². The second-order valence-electron chi connectivity index (χ2n) is 6.13. The lowest BCUT2D eigenvalue weighted by Gasteiger charge is -2.12. The Morgan fingerprint density at radius 2 is 1.86 bits per heavy atom. The quantitative estimate of drug-likeness (QED) is 0.457. The molecule has 2 heterocycles. The average molecular weight is 443 g/mol. The fourth-order valence-corrected chi connectivity index (χ4v) is 3.48. The van der Waals surface area contributed by atoms with Gasteiger partial charge >= 0.3 is 6.18 Å². The fourth-order valence-electron chi connectivity index (χ4n) is 2.41. The zero-order valence-corrected chi connectivity index (χ0v) is 16.7. The topological polar surface area (TPSA) is 76.4 Å². The van der Waals surface area contributed by atoms with Gasteiger partial charge in [0, 0.05) is 17.4 Å². The first kappa shape index (κ1) is 21.1. The van der Waals surface area contributed by atoms with Crippen LogP contribution in [0.15, 0.2) is 41.7 Å². The second-order valence-corrected chi connectivity index (χ2v) is 7.85. The smallest absolute Gasteiger partial charge is 0.325 e. The Balaban J connectivity index is 1.78. The molecule has 1 amide bonds. The lowest BCUT2D eigenvalue weighted by Crippen LogP contribution is -2.22. The molecule has 0 saturated heterocycles. The molecule has 11 heteroatoms. The lowest BCUT2D eigenvalue weighted by molar-refractivity contribution is -0.137. The number of Topliss-reactive ketones (excluding diaryl/α,β-unsaturated/α-hetero) is 1. The van der Waals surface area contributed by atoms with Crippen LogP contribution in [0.25, 0.3) is 5.65 Å². The van der Waals surface area contributed by atoms with Gasteiger partial charge in [-0.1, -0.05) is 23.4 Å². The highest BCUT2D eigenvalue weighted by atomic mass is 35.5. The van der Waals surface area contributed by atoms with Gasteiger partial charge in [0.05, 0.1) is 15.8 Å². The number of nitrogens with one attached hydrogen (secondary N) is 1. The molecule has 29 heavy (non-hydrogen) atoms. The molecule has 1 N–H and O–H groups in total. The lowest BCUT2D eigenvalue weighted by atomic mass is 10.1. The Morgan fingerprint density at radius 1 is 1.21 bits per heavy atom. The number of carbonyl (C=O) groups is 2. The molecule has 0 aliphatic carbocycles. The molecule has 1 atom stereocenters. The van der Waals surface area contributed by atoms with E-state index in [1.54, 1.807) is 31.2 Å². The molecular formula is C18H14ClF3N4O2S. The molecule has 1 unspecified atom stereocenters. The number of hydrogen-bond acceptors (Lipinski definition) is 5. The Bertz CT molecular complexity index is 1080. The van der Waals surface area contributed by atoms with Gasteiger partial charge in [-0.15, -0.1) is 10.2 Å². The minimum atomic E-state index is -4.58. The number of fused-ring (bicyclic) bond motifs is 1. The zero-order chi connectivity index (χ0) is 21.3. The minimum Gasteiger partial charge on any atom is -0.325 e. The Labute approximate surface area is 172 Å². The average Bonchev–Trinajstić information content (AvgIpc) is 3.05. The number of benzene rings is 1. The van der Waals surface area contributed by atoms with Crippen molar-refractivity contribution in [3.63, 3.8) is 0 Å². The Kier molecular flexibility index (Phi) is 5.85. The third kappa shape index (κ3) is 4.70. The highest BCUT2D eigenvalue weighted by Gasteiger charge is 2.32. The molecule has 1 aromatic carbocycles. The van der Waals surface area contributed by atoms with Crippen molar-refractivity contribution in [1.82, 2.24) is 14.6 Å². The molecule has 152 valence electrons. The number of aromatic nitrogens is 3. The molecule has 3 aromatic rings. The SMILES string of the molecule is CC(=O)c1ccc(NC(=O)C(C)Sc2nnc3c(Cl)cc(C(F)(F)F)cn23)cc1. The second kappa shape index (κ2) is 8.03. The van der Waals surface area contributed by atoms with Gasteiger partial charge in [0.1, 0.15) is 0 Å². The van der Waals surface area contributed by atoms with Gasteiger partial charge in [0.2, 0.25) is 5.91 Å². The summed E-state index contributed by atoms with van der Waals surface area (Å²) in [4.78, 5) is 23.7. The van der Waals surface area contributed by atoms with Crippen LogP contribution >= 0.6 is 23.4 Å². The summed E-state index contributed by atoms with van der Waals surface area (Å²) in [5, 5.41) is 9.54. The normalized spacial score (nSPS) is 12.8. The van der Waals surface area contributed by atoms with Crippen LogP contribution in [0.2, 0.25) is 5.02 Å². The predicted octanol–water partition coefficient (Wildman–Crippen LogP) is 4.72. The minimum absolute atomic E-state index is 0.0644. The van der Waals surface area contributed by atoms with Crippen molar-refractivity contribution in [2.45, 2.75) is 30.4 Å². The van der Waals surface area contributed by atoms with Crippen molar-refractivity contribution in [2.24, 2.45) is 0 Å². The maximum absolute atomic E-state index is 13.0. The highest BCUT2D eigenvalue weighted by molar-refractivity contribution is 8.00. The monoisotopic (exact) mass is 442 g/mol. The van der Waals surface area contributed by atoms with Gasteiger partial charge in [-0.3, -0.25) is 14.0 Å². The number of pyridine rings is 1. The largest absolute Gasteiger partial charge is 0.417 e. The first-order chi connectivity index (χ1) is 13.6. The van der Waals surface area contributed by atoms with Crippen LogP contribution in [0.4, 0.5) is 18.9 Å². The summed E-state index contributed by atoms with van der Waals surface area (Å²) in [6.07, 6.45) is -3.74. The number of ketones is 1. The first-order valence-corrected chi connectivity index (χ1v) is 9.52. The summed E-state index contributed by atoms with van der Waals surface area (Å²) in [7, 11) is 0. The van der Waals surface area contributed by atoms with Crippen molar-refractivity contribution in [2.75, 3.05) is 5.32 Å². The van der Waals surface area contributed by atoms with E-state index in [0.29, 0.717) is 11.3 Å². The van der Waals surface area contributed by atoms with Crippen LogP contribution in [0.5, 0.6) is 0 Å². The van der Waals surface area contributed by atoms with E-state index < -0.39 is 17.0 Å². The van der Waals surface area contributed by atoms with E-state index >= 15 is 0 Å². The maximum atomic E-state index is 13.0. The standard InChI is InChI=1S/C18H14ClF3N4O2S/c1-9(27)11-3-5-13(6-4-11)23-16(28)10(2)29-17-25-24-15-14(19)7-12(8-26(15)17)18(20,21)22/h3-8,10H,1-2H3,(H,23,28). The van der Waals surface area contributed by atoms with E-state index in [1.807, 2.05) is 0 Å². The summed E-state index contributed by atoms with van der Waals surface area (Å²) < 4.78 is 40.2. The Morgan fingerprint density at radius 3 is 2.45 bits per heavy atom. The summed E-state index contributed by atoms with van der Waals surface area (Å²) >= 11 is 6.83. The summed E-state index contributed by atoms with van der Waals surface area (Å²) in [5.41, 5.74) is 0.118. The van der Waals surface area contributed by atoms with Gasteiger partial charge in [0.25, 0.3) is 0 Å². The van der Waals surface area contributed by atoms with E-state index in [9.17, 15) is 22.8 Å². The molecule has 6 nitrogen and oxygen atoms in total. The van der Waals surface area contributed by atoms with Crippen LogP contribution < -0.4 is 5.32 Å². The number of thioether (sulfide) groups is 1. The van der Waals surface area contributed by atoms with Crippen molar-refractivity contribution in [3.8, 4) is 0 Å². The van der Waals surface area contributed by atoms with Crippen LogP contribution in [0.1, 0.15) is 29.8 Å². The maximum Gasteiger partial charge on any atom is 0.417 e. The van der Waals surface area contributed by atoms with Crippen molar-refractivity contribution < 1.29 is 22.8 Å². The molecule has 0 bridgehead atoms. The summed E-state index contributed by atoms with van der Waals surface area (Å²) in [6.45, 7) is 3.02. The molecule has 0 fully saturated rings. The van der Waals surface area contributed by atoms with Crippen molar-refractivity contribution in [3.05, 3.63) is 52.7 Å². The molecule has 2 aromatic heterocycles. The summed E-state index contributed by atoms with van der Waals surface area (Å²) in [6, 6.07) is 7.13. The van der Waals surface area contributed by atoms with Crippen LogP contribution in [0, 0.1) is 0 Å². The predicted molar refractivity (Wildman–Crippen MR) is 103 cm³/mol. The van der Waals surface area contributed by atoms with Gasteiger partial charge in [-0.05, 0) is 44.2 Å². The van der Waals surface area contributed by atoms with E-state index in [-0.39, 0.29) is 27.5 Å². The van der Waals surface area contributed by atoms with Gasteiger partial charge < -0.3 is 5.32 Å². The molecule has 0 aliphatic rings. The van der Waals surface area contributed by atoms with Crippen molar-refractivity contribution >= 4 is 46.4 Å². The fraction of sp³-hybridized carbons (Fsp3) is 0.222. The van der Waals surface area contributed by atoms with Crippen LogP contribution in [-0.2, 0) is 11.0 Å². The van der Waals surface area contributed by atoms with Gasteiger partial charge in [-0.2, -0.15) is 13.2 Å². The number of anilines is 1. The third-order valence-electron chi connectivity index (χ3n) is 3.97. The number of amides is 1. The zero-order valence-electron chi connectivity index (χ0n) is 15.1. The molecule has 0 saturated carbocycles. The highest BCUT2D eigenvalue weighted by Crippen LogP contribution is 2.34.